The molecule has 0 saturated heterocycles. The van der Waals surface area contributed by atoms with Crippen molar-refractivity contribution >= 4 is 11.8 Å². The Bertz CT molecular complexity index is 1550. The summed E-state index contributed by atoms with van der Waals surface area (Å²) in [6.45, 7) is 16.9. The lowest BCUT2D eigenvalue weighted by atomic mass is 9.43. The SMILES string of the molecule is C[C@H](CCC(=O)NCCCNCCCCNC(=O)CC[C@@H](C)[C@@H]1CC[C@H]2[C@@H]3[C@H](O)C[C@@H]4C[C@H](O)CC[C@]4(C)[C@H]3C[C@H](O)[C@@]21C)[C@H]1CC[C@H]2[C@@H]3[C@H](O)C[C@@H]4C[C@H](O)CC[C@]4(C)[C@H]3C[C@H](O)[C@]12C. The van der Waals surface area contributed by atoms with E-state index < -0.39 is 12.2 Å². The third-order valence-corrected chi connectivity index (χ3v) is 22.6. The summed E-state index contributed by atoms with van der Waals surface area (Å²) in [5.41, 5.74) is -0.346. The second-order valence-electron chi connectivity index (χ2n) is 25.6. The van der Waals surface area contributed by atoms with E-state index in [1.165, 1.54) is 0 Å². The van der Waals surface area contributed by atoms with Crippen LogP contribution >= 0.6 is 0 Å². The summed E-state index contributed by atoms with van der Waals surface area (Å²) in [5, 5.41) is 77.6. The van der Waals surface area contributed by atoms with Crippen molar-refractivity contribution in [2.24, 2.45) is 92.7 Å². The van der Waals surface area contributed by atoms with Crippen LogP contribution in [0.15, 0.2) is 0 Å². The molecule has 2 amide bonds. The molecule has 11 heteroatoms. The van der Waals surface area contributed by atoms with Crippen LogP contribution < -0.4 is 16.0 Å². The zero-order valence-corrected chi connectivity index (χ0v) is 42.1. The maximum atomic E-state index is 12.9. The van der Waals surface area contributed by atoms with Gasteiger partial charge in [-0.15, -0.1) is 0 Å². The summed E-state index contributed by atoms with van der Waals surface area (Å²) in [4.78, 5) is 25.9. The van der Waals surface area contributed by atoms with Crippen molar-refractivity contribution < 1.29 is 40.2 Å². The van der Waals surface area contributed by atoms with Gasteiger partial charge in [0, 0.05) is 25.9 Å². The normalized spacial score (nSPS) is 48.1. The van der Waals surface area contributed by atoms with Crippen LogP contribution in [0.4, 0.5) is 0 Å². The number of nitrogens with one attached hydrogen (secondary N) is 3. The molecule has 8 saturated carbocycles. The first-order valence-corrected chi connectivity index (χ1v) is 27.7. The van der Waals surface area contributed by atoms with Gasteiger partial charge in [0.1, 0.15) is 0 Å². The first kappa shape index (κ1) is 51.0. The molecule has 0 spiro atoms. The highest BCUT2D eigenvalue weighted by atomic mass is 16.3. The zero-order valence-electron chi connectivity index (χ0n) is 42.1. The standard InChI is InChI=1S/C55H95N3O8/c1-32(38-12-14-40-50-42(30-46(63)54(38,40)5)52(3)20-18-36(59)26-34(52)28-44(50)61)10-16-48(65)57-24-8-7-22-56-23-9-25-58-49(66)17-11-33(2)39-13-15-41-51-43(31-47(64)55(39,41)6)53(4)21-19-37(60)27-35(53)29-45(51)62/h32-47,50-51,56,59-64H,7-31H2,1-6H3,(H,57,65)(H,58,66)/t32-,33-,34+,35+,36-,37-,38+,39-,40+,41+,42+,43+,44-,45-,46+,47+,50+,51+,52+,53+,54-,55-/m1/s1. The van der Waals surface area contributed by atoms with Crippen molar-refractivity contribution in [1.29, 1.82) is 0 Å². The molecule has 8 aliphatic rings. The minimum Gasteiger partial charge on any atom is -0.393 e. The molecule has 0 heterocycles. The van der Waals surface area contributed by atoms with Crippen molar-refractivity contribution in [3.63, 3.8) is 0 Å². The van der Waals surface area contributed by atoms with Gasteiger partial charge in [-0.25, -0.2) is 0 Å². The maximum absolute atomic E-state index is 12.9. The van der Waals surface area contributed by atoms with E-state index in [1.807, 2.05) is 0 Å². The molecule has 0 aromatic heterocycles. The summed E-state index contributed by atoms with van der Waals surface area (Å²) in [7, 11) is 0. The van der Waals surface area contributed by atoms with Crippen LogP contribution in [0.1, 0.15) is 176 Å². The monoisotopic (exact) mass is 926 g/mol. The third-order valence-electron chi connectivity index (χ3n) is 22.6. The Morgan fingerprint density at radius 1 is 0.515 bits per heavy atom. The molecule has 8 rings (SSSR count). The highest BCUT2D eigenvalue weighted by Crippen LogP contribution is 2.70. The van der Waals surface area contributed by atoms with Gasteiger partial charge in [0.05, 0.1) is 36.6 Å². The van der Waals surface area contributed by atoms with E-state index in [4.69, 9.17) is 0 Å². The molecule has 0 aromatic carbocycles. The molecule has 0 bridgehead atoms. The number of fused-ring (bicyclic) bond motifs is 10. The van der Waals surface area contributed by atoms with Gasteiger partial charge in [0.25, 0.3) is 0 Å². The van der Waals surface area contributed by atoms with E-state index in [2.05, 4.69) is 57.5 Å². The van der Waals surface area contributed by atoms with Crippen molar-refractivity contribution in [3.8, 4) is 0 Å². The van der Waals surface area contributed by atoms with Gasteiger partial charge in [-0.1, -0.05) is 41.5 Å². The van der Waals surface area contributed by atoms with Gasteiger partial charge in [-0.2, -0.15) is 0 Å². The molecule has 11 nitrogen and oxygen atoms in total. The molecule has 378 valence electrons. The first-order chi connectivity index (χ1) is 31.3. The average Bonchev–Trinajstić information content (AvgIpc) is 3.83. The fourth-order valence-electron chi connectivity index (χ4n) is 18.7. The molecular weight excluding hydrogens is 831 g/mol. The molecule has 0 aliphatic heterocycles. The zero-order chi connectivity index (χ0) is 47.3. The van der Waals surface area contributed by atoms with Gasteiger partial charge in [-0.3, -0.25) is 9.59 Å². The van der Waals surface area contributed by atoms with Crippen LogP contribution in [0.3, 0.4) is 0 Å². The number of aliphatic hydroxyl groups is 6. The minimum atomic E-state index is -0.407. The number of rotatable bonds is 17. The van der Waals surface area contributed by atoms with Crippen LogP contribution in [-0.4, -0.2) is 105 Å². The summed E-state index contributed by atoms with van der Waals surface area (Å²) < 4.78 is 0. The molecular formula is C55H95N3O8. The molecule has 0 radical (unpaired) electrons. The molecule has 0 unspecified atom stereocenters. The Labute approximate surface area is 398 Å². The van der Waals surface area contributed by atoms with Crippen LogP contribution in [0.2, 0.25) is 0 Å². The van der Waals surface area contributed by atoms with Crippen molar-refractivity contribution in [2.45, 2.75) is 213 Å². The van der Waals surface area contributed by atoms with Gasteiger partial charge in [0.2, 0.25) is 11.8 Å². The van der Waals surface area contributed by atoms with Gasteiger partial charge < -0.3 is 46.6 Å². The van der Waals surface area contributed by atoms with E-state index in [1.54, 1.807) is 0 Å². The summed E-state index contributed by atoms with van der Waals surface area (Å²) >= 11 is 0. The van der Waals surface area contributed by atoms with Crippen molar-refractivity contribution in [1.82, 2.24) is 16.0 Å². The topological polar surface area (TPSA) is 192 Å². The van der Waals surface area contributed by atoms with Gasteiger partial charge in [0.15, 0.2) is 0 Å². The number of amides is 2. The van der Waals surface area contributed by atoms with Crippen molar-refractivity contribution in [3.05, 3.63) is 0 Å². The van der Waals surface area contributed by atoms with E-state index >= 15 is 0 Å². The Morgan fingerprint density at radius 3 is 1.38 bits per heavy atom. The molecule has 8 aliphatic carbocycles. The number of hydrogen-bond acceptors (Lipinski definition) is 9. The Hall–Kier alpha value is -1.34. The first-order valence-electron chi connectivity index (χ1n) is 27.7. The molecule has 66 heavy (non-hydrogen) atoms. The lowest BCUT2D eigenvalue weighted by Gasteiger charge is -2.63. The van der Waals surface area contributed by atoms with Crippen LogP contribution in [-0.2, 0) is 9.59 Å². The summed E-state index contributed by atoms with van der Waals surface area (Å²) in [6, 6.07) is 0. The quantitative estimate of drug-likeness (QED) is 0.0712. The number of carbonyl (C=O) groups is 2. The summed E-state index contributed by atoms with van der Waals surface area (Å²) in [6.07, 6.45) is 15.6. The fourth-order valence-corrected chi connectivity index (χ4v) is 18.7. The minimum absolute atomic E-state index is 0.0728. The molecule has 8 fully saturated rings. The van der Waals surface area contributed by atoms with E-state index in [-0.39, 0.29) is 69.7 Å². The van der Waals surface area contributed by atoms with Crippen LogP contribution in [0.25, 0.3) is 0 Å². The van der Waals surface area contributed by atoms with E-state index in [0.717, 1.165) is 135 Å². The van der Waals surface area contributed by atoms with E-state index in [9.17, 15) is 40.2 Å². The number of carbonyl (C=O) groups excluding carboxylic acids is 2. The molecule has 22 atom stereocenters. The lowest BCUT2D eigenvalue weighted by molar-refractivity contribution is -0.207. The molecule has 0 aromatic rings. The van der Waals surface area contributed by atoms with E-state index in [0.29, 0.717) is 85.1 Å². The third kappa shape index (κ3) is 9.35. The second-order valence-corrected chi connectivity index (χ2v) is 25.6. The van der Waals surface area contributed by atoms with Gasteiger partial charge in [-0.05, 0) is 228 Å². The summed E-state index contributed by atoms with van der Waals surface area (Å²) in [5.74, 6) is 3.73. The molecule has 9 N–H and O–H groups in total. The lowest BCUT2D eigenvalue weighted by Crippen LogP contribution is -2.62. The predicted molar refractivity (Wildman–Crippen MR) is 258 cm³/mol. The fraction of sp³-hybridized carbons (Fsp3) is 0.964. The maximum Gasteiger partial charge on any atom is 0.220 e. The second kappa shape index (κ2) is 20.4. The average molecular weight is 926 g/mol. The number of hydrogen-bond donors (Lipinski definition) is 9. The number of unbranched alkanes of at least 4 members (excludes halogenated alkanes) is 1. The largest absolute Gasteiger partial charge is 0.393 e. The Kier molecular flexibility index (Phi) is 15.8. The van der Waals surface area contributed by atoms with Crippen LogP contribution in [0.5, 0.6) is 0 Å². The van der Waals surface area contributed by atoms with Crippen molar-refractivity contribution in [2.75, 3.05) is 26.2 Å². The Balaban J connectivity index is 0.671. The number of aliphatic hydroxyl groups excluding tert-OH is 6. The van der Waals surface area contributed by atoms with Gasteiger partial charge >= 0.3 is 0 Å². The highest BCUT2D eigenvalue weighted by molar-refractivity contribution is 5.76. The Morgan fingerprint density at radius 2 is 0.924 bits per heavy atom. The van der Waals surface area contributed by atoms with Crippen LogP contribution in [0, 0.1) is 92.7 Å². The predicted octanol–water partition coefficient (Wildman–Crippen LogP) is 6.73. The smallest absolute Gasteiger partial charge is 0.220 e. The highest BCUT2D eigenvalue weighted by Gasteiger charge is 2.67.